The monoisotopic (exact) mass is 249 g/mol. The molecule has 0 aliphatic heterocycles. The zero-order valence-corrected chi connectivity index (χ0v) is 9.96. The normalized spacial score (nSPS) is 10.9. The SMILES string of the molecule is CC(C)n1nnc(C(=O)O)c1-c1ccc(F)cc1. The Morgan fingerprint density at radius 3 is 2.44 bits per heavy atom. The van der Waals surface area contributed by atoms with Crippen molar-refractivity contribution >= 4 is 5.97 Å². The topological polar surface area (TPSA) is 68.0 Å². The van der Waals surface area contributed by atoms with Gasteiger partial charge in [0.15, 0.2) is 5.69 Å². The number of rotatable bonds is 3. The second-order valence-corrected chi connectivity index (χ2v) is 4.14. The first-order valence-corrected chi connectivity index (χ1v) is 5.45. The summed E-state index contributed by atoms with van der Waals surface area (Å²) in [6.45, 7) is 3.74. The molecule has 0 amide bonds. The van der Waals surface area contributed by atoms with E-state index in [1.54, 1.807) is 0 Å². The first-order valence-electron chi connectivity index (χ1n) is 5.45. The maximum Gasteiger partial charge on any atom is 0.358 e. The molecule has 1 aromatic carbocycles. The summed E-state index contributed by atoms with van der Waals surface area (Å²) in [5.41, 5.74) is 0.834. The van der Waals surface area contributed by atoms with E-state index >= 15 is 0 Å². The van der Waals surface area contributed by atoms with Crippen molar-refractivity contribution in [1.29, 1.82) is 0 Å². The summed E-state index contributed by atoms with van der Waals surface area (Å²) >= 11 is 0. The first-order chi connectivity index (χ1) is 8.50. The minimum Gasteiger partial charge on any atom is -0.476 e. The van der Waals surface area contributed by atoms with Crippen LogP contribution in [0.3, 0.4) is 0 Å². The number of aromatic nitrogens is 3. The van der Waals surface area contributed by atoms with E-state index in [1.165, 1.54) is 28.9 Å². The van der Waals surface area contributed by atoms with Crippen molar-refractivity contribution in [1.82, 2.24) is 15.0 Å². The molecule has 0 fully saturated rings. The highest BCUT2D eigenvalue weighted by molar-refractivity contribution is 5.92. The molecule has 94 valence electrons. The summed E-state index contributed by atoms with van der Waals surface area (Å²) in [7, 11) is 0. The quantitative estimate of drug-likeness (QED) is 0.906. The number of carboxylic acids is 1. The molecule has 0 atom stereocenters. The molecule has 0 aliphatic rings. The van der Waals surface area contributed by atoms with Gasteiger partial charge >= 0.3 is 5.97 Å². The number of aromatic carboxylic acids is 1. The summed E-state index contributed by atoms with van der Waals surface area (Å²) in [4.78, 5) is 11.1. The number of hydrogen-bond donors (Lipinski definition) is 1. The van der Waals surface area contributed by atoms with E-state index in [0.717, 1.165) is 0 Å². The van der Waals surface area contributed by atoms with Crippen LogP contribution in [0.25, 0.3) is 11.3 Å². The third kappa shape index (κ3) is 2.09. The Kier molecular flexibility index (Phi) is 3.10. The Hall–Kier alpha value is -2.24. The molecular weight excluding hydrogens is 237 g/mol. The molecule has 0 radical (unpaired) electrons. The van der Waals surface area contributed by atoms with Gasteiger partial charge in [0.1, 0.15) is 11.5 Å². The lowest BCUT2D eigenvalue weighted by atomic mass is 10.1. The van der Waals surface area contributed by atoms with Crippen molar-refractivity contribution in [2.45, 2.75) is 19.9 Å². The fraction of sp³-hybridized carbons (Fsp3) is 0.250. The van der Waals surface area contributed by atoms with E-state index in [2.05, 4.69) is 10.3 Å². The highest BCUT2D eigenvalue weighted by Crippen LogP contribution is 2.25. The number of carbonyl (C=O) groups is 1. The van der Waals surface area contributed by atoms with Crippen LogP contribution in [0.4, 0.5) is 4.39 Å². The molecule has 5 nitrogen and oxygen atoms in total. The van der Waals surface area contributed by atoms with Crippen molar-refractivity contribution in [2.24, 2.45) is 0 Å². The van der Waals surface area contributed by atoms with Gasteiger partial charge in [0.05, 0.1) is 0 Å². The lowest BCUT2D eigenvalue weighted by molar-refractivity contribution is 0.0691. The van der Waals surface area contributed by atoms with Gasteiger partial charge in [-0.25, -0.2) is 13.9 Å². The molecule has 2 aromatic rings. The molecule has 0 unspecified atom stereocenters. The second kappa shape index (κ2) is 4.56. The third-order valence-electron chi connectivity index (χ3n) is 2.50. The van der Waals surface area contributed by atoms with Crippen LogP contribution in [0.5, 0.6) is 0 Å². The van der Waals surface area contributed by atoms with Crippen molar-refractivity contribution < 1.29 is 14.3 Å². The van der Waals surface area contributed by atoms with E-state index in [-0.39, 0.29) is 17.6 Å². The zero-order chi connectivity index (χ0) is 13.3. The largest absolute Gasteiger partial charge is 0.476 e. The Bertz CT molecular complexity index is 576. The average Bonchev–Trinajstić information content (AvgIpc) is 2.74. The molecule has 6 heteroatoms. The predicted molar refractivity (Wildman–Crippen MR) is 62.8 cm³/mol. The van der Waals surface area contributed by atoms with Gasteiger partial charge in [-0.3, -0.25) is 0 Å². The number of nitrogens with zero attached hydrogens (tertiary/aromatic N) is 3. The number of hydrogen-bond acceptors (Lipinski definition) is 3. The van der Waals surface area contributed by atoms with Crippen molar-refractivity contribution in [3.05, 3.63) is 35.8 Å². The first kappa shape index (κ1) is 12.2. The van der Waals surface area contributed by atoms with Crippen molar-refractivity contribution in [3.63, 3.8) is 0 Å². The lowest BCUT2D eigenvalue weighted by Gasteiger charge is -2.10. The summed E-state index contributed by atoms with van der Waals surface area (Å²) < 4.78 is 14.4. The van der Waals surface area contributed by atoms with Crippen molar-refractivity contribution in [3.8, 4) is 11.3 Å². The van der Waals surface area contributed by atoms with Crippen LogP contribution in [0.2, 0.25) is 0 Å². The molecular formula is C12H12FN3O2. The van der Waals surface area contributed by atoms with E-state index in [0.29, 0.717) is 11.3 Å². The molecule has 0 bridgehead atoms. The molecule has 1 heterocycles. The summed E-state index contributed by atoms with van der Waals surface area (Å²) in [5, 5.41) is 16.6. The number of carboxylic acid groups (broad SMARTS) is 1. The number of benzene rings is 1. The van der Waals surface area contributed by atoms with Crippen LogP contribution >= 0.6 is 0 Å². The molecule has 1 N–H and O–H groups in total. The molecule has 0 spiro atoms. The van der Waals surface area contributed by atoms with Gasteiger partial charge in [0.25, 0.3) is 0 Å². The highest BCUT2D eigenvalue weighted by Gasteiger charge is 2.21. The van der Waals surface area contributed by atoms with Gasteiger partial charge in [0, 0.05) is 11.6 Å². The average molecular weight is 249 g/mol. The summed E-state index contributed by atoms with van der Waals surface area (Å²) in [5.74, 6) is -1.53. The van der Waals surface area contributed by atoms with Crippen molar-refractivity contribution in [2.75, 3.05) is 0 Å². The van der Waals surface area contributed by atoms with Gasteiger partial charge in [-0.2, -0.15) is 0 Å². The summed E-state index contributed by atoms with van der Waals surface area (Å²) in [6, 6.07) is 5.54. The number of halogens is 1. The van der Waals surface area contributed by atoms with Crippen LogP contribution < -0.4 is 0 Å². The van der Waals surface area contributed by atoms with Crippen LogP contribution in [0.1, 0.15) is 30.4 Å². The van der Waals surface area contributed by atoms with Gasteiger partial charge in [0.2, 0.25) is 0 Å². The van der Waals surface area contributed by atoms with E-state index < -0.39 is 5.97 Å². The maximum atomic E-state index is 12.9. The van der Waals surface area contributed by atoms with E-state index in [4.69, 9.17) is 5.11 Å². The lowest BCUT2D eigenvalue weighted by Crippen LogP contribution is -2.07. The second-order valence-electron chi connectivity index (χ2n) is 4.14. The van der Waals surface area contributed by atoms with Crippen LogP contribution in [0, 0.1) is 5.82 Å². The molecule has 2 rings (SSSR count). The van der Waals surface area contributed by atoms with Gasteiger partial charge in [-0.05, 0) is 38.1 Å². The van der Waals surface area contributed by atoms with Gasteiger partial charge in [-0.1, -0.05) is 5.21 Å². The van der Waals surface area contributed by atoms with Crippen LogP contribution in [0.15, 0.2) is 24.3 Å². The summed E-state index contributed by atoms with van der Waals surface area (Å²) in [6.07, 6.45) is 0. The predicted octanol–water partition coefficient (Wildman–Crippen LogP) is 2.36. The van der Waals surface area contributed by atoms with E-state index in [9.17, 15) is 9.18 Å². The van der Waals surface area contributed by atoms with E-state index in [1.807, 2.05) is 13.8 Å². The molecule has 0 aliphatic carbocycles. The third-order valence-corrected chi connectivity index (χ3v) is 2.50. The molecule has 18 heavy (non-hydrogen) atoms. The molecule has 1 aromatic heterocycles. The zero-order valence-electron chi connectivity index (χ0n) is 9.96. The smallest absolute Gasteiger partial charge is 0.358 e. The minimum absolute atomic E-state index is 0.0364. The molecule has 0 saturated heterocycles. The Morgan fingerprint density at radius 1 is 1.33 bits per heavy atom. The highest BCUT2D eigenvalue weighted by atomic mass is 19.1. The van der Waals surface area contributed by atoms with Crippen LogP contribution in [-0.4, -0.2) is 26.1 Å². The fourth-order valence-electron chi connectivity index (χ4n) is 1.68. The Labute approximate surface area is 103 Å². The van der Waals surface area contributed by atoms with Crippen LogP contribution in [-0.2, 0) is 0 Å². The molecule has 0 saturated carbocycles. The fourth-order valence-corrected chi connectivity index (χ4v) is 1.68. The Balaban J connectivity index is 2.63. The Morgan fingerprint density at radius 2 is 1.94 bits per heavy atom. The van der Waals surface area contributed by atoms with Gasteiger partial charge < -0.3 is 5.11 Å². The van der Waals surface area contributed by atoms with Gasteiger partial charge in [-0.15, -0.1) is 5.10 Å². The standard InChI is InChI=1S/C12H12FN3O2/c1-7(2)16-11(10(12(17)18)14-15-16)8-3-5-9(13)6-4-8/h3-7H,1-2H3,(H,17,18). The maximum absolute atomic E-state index is 12.9. The minimum atomic E-state index is -1.15.